The van der Waals surface area contributed by atoms with E-state index in [0.717, 1.165) is 11.4 Å². The number of hydrogen-bond donors (Lipinski definition) is 0. The lowest BCUT2D eigenvalue weighted by Gasteiger charge is -2.09. The summed E-state index contributed by atoms with van der Waals surface area (Å²) in [4.78, 5) is 5.30. The summed E-state index contributed by atoms with van der Waals surface area (Å²) in [7, 11) is -2.43. The van der Waals surface area contributed by atoms with Crippen molar-refractivity contribution in [2.75, 3.05) is 19.2 Å². The van der Waals surface area contributed by atoms with Crippen molar-refractivity contribution >= 4 is 12.9 Å². The molecule has 1 aliphatic rings. The van der Waals surface area contributed by atoms with Gasteiger partial charge in [-0.2, -0.15) is 0 Å². The molecule has 2 rings (SSSR count). The molecule has 1 aromatic carbocycles. The second-order valence-corrected chi connectivity index (χ2v) is 3.26. The van der Waals surface area contributed by atoms with Crippen LogP contribution in [0.4, 0.5) is 23.0 Å². The van der Waals surface area contributed by atoms with Gasteiger partial charge in [0.2, 0.25) is 0 Å². The van der Waals surface area contributed by atoms with E-state index in [1.54, 1.807) is 12.2 Å². The van der Waals surface area contributed by atoms with E-state index in [4.69, 9.17) is 9.57 Å². The fourth-order valence-corrected chi connectivity index (χ4v) is 1.35. The molecule has 1 aliphatic heterocycles. The topological polar surface area (TPSA) is 21.7 Å². The lowest BCUT2D eigenvalue weighted by atomic mass is 10.2. The van der Waals surface area contributed by atoms with Crippen molar-refractivity contribution in [3.05, 3.63) is 23.8 Å². The fourth-order valence-electron chi connectivity index (χ4n) is 1.35. The quantitative estimate of drug-likeness (QED) is 0.566. The summed E-state index contributed by atoms with van der Waals surface area (Å²) in [6, 6.07) is 5.93. The number of anilines is 1. The Hall–Kier alpha value is -1.44. The second-order valence-electron chi connectivity index (χ2n) is 3.26. The molecule has 8 heteroatoms. The lowest BCUT2D eigenvalue weighted by molar-refractivity contribution is 0.131. The summed E-state index contributed by atoms with van der Waals surface area (Å²) in [5.74, 6) is 0.882. The minimum atomic E-state index is -6.00. The number of halogens is 4. The van der Waals surface area contributed by atoms with Gasteiger partial charge in [0.1, 0.15) is 12.4 Å². The lowest BCUT2D eigenvalue weighted by Crippen LogP contribution is -2.09. The van der Waals surface area contributed by atoms with Gasteiger partial charge >= 0.3 is 7.25 Å². The van der Waals surface area contributed by atoms with Crippen LogP contribution in [0.5, 0.6) is 5.75 Å². The Labute approximate surface area is 96.0 Å². The molecule has 0 unspecified atom stereocenters. The molecule has 0 saturated heterocycles. The minimum Gasteiger partial charge on any atom is -0.497 e. The molecule has 0 N–H and O–H groups in total. The van der Waals surface area contributed by atoms with Crippen LogP contribution >= 0.6 is 0 Å². The highest BCUT2D eigenvalue weighted by atomic mass is 19.5. The average molecular weight is 252 g/mol. The Bertz CT molecular complexity index is 380. The first-order valence-electron chi connectivity index (χ1n) is 4.72. The largest absolute Gasteiger partial charge is 0.673 e. The molecule has 17 heavy (non-hydrogen) atoms. The van der Waals surface area contributed by atoms with Crippen molar-refractivity contribution < 1.29 is 26.8 Å². The van der Waals surface area contributed by atoms with Crippen molar-refractivity contribution in [2.45, 2.75) is 6.61 Å². The minimum absolute atomic E-state index is 0.642. The van der Waals surface area contributed by atoms with Crippen LogP contribution in [-0.2, 0) is 11.4 Å². The fraction of sp³-hybridized carbons (Fsp3) is 0.333. The second kappa shape index (κ2) is 5.26. The van der Waals surface area contributed by atoms with E-state index >= 15 is 0 Å². The van der Waals surface area contributed by atoms with Gasteiger partial charge in [-0.15, -0.1) is 0 Å². The normalized spacial score (nSPS) is 13.9. The van der Waals surface area contributed by atoms with Gasteiger partial charge < -0.3 is 22.0 Å². The number of benzene rings is 1. The van der Waals surface area contributed by atoms with E-state index in [1.807, 2.05) is 25.2 Å². The van der Waals surface area contributed by atoms with Crippen LogP contribution in [0.25, 0.3) is 0 Å². The molecule has 3 nitrogen and oxygen atoms in total. The summed E-state index contributed by atoms with van der Waals surface area (Å²) in [6.07, 6.45) is 0. The number of ether oxygens (including phenoxy) is 1. The Kier molecular flexibility index (Phi) is 4.22. The van der Waals surface area contributed by atoms with Crippen LogP contribution in [0.1, 0.15) is 5.56 Å². The number of nitrogens with zero attached hydrogens (tertiary/aromatic N) is 1. The maximum Gasteiger partial charge on any atom is 0.673 e. The zero-order valence-electron chi connectivity index (χ0n) is 9.29. The van der Waals surface area contributed by atoms with E-state index in [2.05, 4.69) is 0 Å². The van der Waals surface area contributed by atoms with Gasteiger partial charge in [0.15, 0.2) is 0 Å². The van der Waals surface area contributed by atoms with Gasteiger partial charge in [-0.3, -0.25) is 9.90 Å². The number of fused-ring (bicyclic) bond motifs is 1. The molecular weight excluding hydrogens is 241 g/mol. The van der Waals surface area contributed by atoms with Gasteiger partial charge in [0.25, 0.3) is 0 Å². The number of hydrogen-bond acceptors (Lipinski definition) is 3. The highest BCUT2D eigenvalue weighted by Gasteiger charge is 2.20. The number of methoxy groups -OCH3 is 1. The predicted octanol–water partition coefficient (Wildman–Crippen LogP) is 2.88. The molecule has 0 saturated carbocycles. The number of hydroxylamine groups is 1. The maximum atomic E-state index is 9.75. The van der Waals surface area contributed by atoms with Crippen LogP contribution in [0.15, 0.2) is 18.2 Å². The third-order valence-electron chi connectivity index (χ3n) is 2.04. The highest BCUT2D eigenvalue weighted by molar-refractivity contribution is 6.50. The van der Waals surface area contributed by atoms with Gasteiger partial charge in [-0.25, -0.2) is 0 Å². The molecule has 1 heterocycles. The first kappa shape index (κ1) is 13.6. The van der Waals surface area contributed by atoms with Crippen LogP contribution < -0.4 is 9.80 Å². The molecule has 0 aliphatic carbocycles. The average Bonchev–Trinajstić information content (AvgIpc) is 2.57. The monoisotopic (exact) mass is 252 g/mol. The predicted molar refractivity (Wildman–Crippen MR) is 56.4 cm³/mol. The van der Waals surface area contributed by atoms with E-state index in [0.29, 0.717) is 6.61 Å². The Morgan fingerprint density at radius 1 is 1.29 bits per heavy atom. The summed E-state index contributed by atoms with van der Waals surface area (Å²) < 4.78 is 44.1. The van der Waals surface area contributed by atoms with Crippen molar-refractivity contribution in [3.63, 3.8) is 0 Å². The third kappa shape index (κ3) is 4.52. The summed E-state index contributed by atoms with van der Waals surface area (Å²) >= 11 is 0. The van der Waals surface area contributed by atoms with Crippen LogP contribution in [0, 0.1) is 0 Å². The first-order valence-corrected chi connectivity index (χ1v) is 4.72. The zero-order chi connectivity index (χ0) is 13.1. The van der Waals surface area contributed by atoms with E-state index < -0.39 is 7.25 Å². The zero-order valence-corrected chi connectivity index (χ0v) is 9.29. The van der Waals surface area contributed by atoms with Gasteiger partial charge in [0.05, 0.1) is 12.8 Å². The molecular formula is C9H11BF4NO2-. The Balaban J connectivity index is 0.000000249. The van der Waals surface area contributed by atoms with Crippen molar-refractivity contribution in [3.8, 4) is 5.75 Å². The Morgan fingerprint density at radius 2 is 1.88 bits per heavy atom. The molecule has 96 valence electrons. The molecule has 0 fully saturated rings. The van der Waals surface area contributed by atoms with Crippen LogP contribution in [0.3, 0.4) is 0 Å². The van der Waals surface area contributed by atoms with Gasteiger partial charge in [0, 0.05) is 12.6 Å². The van der Waals surface area contributed by atoms with E-state index in [-0.39, 0.29) is 0 Å². The van der Waals surface area contributed by atoms with Crippen molar-refractivity contribution in [1.82, 2.24) is 0 Å². The number of rotatable bonds is 1. The maximum absolute atomic E-state index is 9.75. The van der Waals surface area contributed by atoms with Gasteiger partial charge in [-0.05, 0) is 18.2 Å². The van der Waals surface area contributed by atoms with Crippen LogP contribution in [-0.4, -0.2) is 21.4 Å². The molecule has 0 bridgehead atoms. The summed E-state index contributed by atoms with van der Waals surface area (Å²) in [5, 5.41) is 1.77. The van der Waals surface area contributed by atoms with E-state index in [9.17, 15) is 17.3 Å². The summed E-state index contributed by atoms with van der Waals surface area (Å²) in [5.41, 5.74) is 2.30. The van der Waals surface area contributed by atoms with Crippen molar-refractivity contribution in [1.29, 1.82) is 0 Å². The SMILES string of the molecule is COc1ccc2c(c1)CON2C.F[B-](F)(F)F. The molecule has 1 aromatic rings. The molecule has 0 amide bonds. The Morgan fingerprint density at radius 3 is 2.41 bits per heavy atom. The first-order chi connectivity index (χ1) is 7.81. The molecule has 0 radical (unpaired) electrons. The third-order valence-corrected chi connectivity index (χ3v) is 2.04. The smallest absolute Gasteiger partial charge is 0.497 e. The summed E-state index contributed by atoms with van der Waals surface area (Å²) in [6.45, 7) is 0.642. The van der Waals surface area contributed by atoms with E-state index in [1.165, 1.54) is 5.56 Å². The molecule has 0 aromatic heterocycles. The molecule has 0 atom stereocenters. The highest BCUT2D eigenvalue weighted by Crippen LogP contribution is 2.30. The van der Waals surface area contributed by atoms with Crippen LogP contribution in [0.2, 0.25) is 0 Å². The van der Waals surface area contributed by atoms with Gasteiger partial charge in [-0.1, -0.05) is 0 Å². The standard InChI is InChI=1S/C9H11NO2.BF4/c1-10-9-4-3-8(11-2)5-7(9)6-12-10;2-1(3,4)5/h3-5H,6H2,1-2H3;/q;-1. The molecule has 0 spiro atoms. The van der Waals surface area contributed by atoms with Crippen molar-refractivity contribution in [2.24, 2.45) is 0 Å².